The summed E-state index contributed by atoms with van der Waals surface area (Å²) in [5, 5.41) is 10.7. The zero-order valence-electron chi connectivity index (χ0n) is 14.9. The number of carbonyl (C=O) groups is 1. The van der Waals surface area contributed by atoms with Crippen molar-refractivity contribution in [2.75, 3.05) is 17.4 Å². The van der Waals surface area contributed by atoms with Gasteiger partial charge in [-0.25, -0.2) is 0 Å². The zero-order chi connectivity index (χ0) is 19.0. The van der Waals surface area contributed by atoms with Crippen LogP contribution >= 0.6 is 27.7 Å². The zero-order valence-corrected chi connectivity index (χ0v) is 17.3. The molecule has 4 nitrogen and oxygen atoms in total. The minimum atomic E-state index is -0.177. The molecule has 0 bridgehead atoms. The van der Waals surface area contributed by atoms with Gasteiger partial charge in [0.1, 0.15) is 0 Å². The predicted molar refractivity (Wildman–Crippen MR) is 112 cm³/mol. The van der Waals surface area contributed by atoms with Crippen molar-refractivity contribution in [3.05, 3.63) is 74.7 Å². The van der Waals surface area contributed by atoms with Crippen molar-refractivity contribution in [2.24, 2.45) is 0 Å². The Labute approximate surface area is 171 Å². The van der Waals surface area contributed by atoms with E-state index in [0.717, 1.165) is 26.6 Å². The van der Waals surface area contributed by atoms with Gasteiger partial charge in [0.25, 0.3) is 0 Å². The molecule has 2 aliphatic rings. The number of hydrogen-bond acceptors (Lipinski definition) is 4. The first-order valence-corrected chi connectivity index (χ1v) is 10.5. The van der Waals surface area contributed by atoms with Crippen LogP contribution in [0.3, 0.4) is 0 Å². The van der Waals surface area contributed by atoms with E-state index >= 15 is 0 Å². The van der Waals surface area contributed by atoms with Crippen LogP contribution in [0.4, 0.5) is 5.69 Å². The molecule has 0 saturated carbocycles. The monoisotopic (exact) mass is 439 g/mol. The summed E-state index contributed by atoms with van der Waals surface area (Å²) in [6, 6.07) is 18.6. The van der Waals surface area contributed by atoms with Crippen LogP contribution in [0.25, 0.3) is 0 Å². The third-order valence-electron chi connectivity index (χ3n) is 4.91. The standard InChI is InChI=1S/C21H18BrN3OS/c1-14-4-2-7-17(8-14)24-12-25-20(26)10-18(15-5-3-6-16(22)9-15)19(11-23)21(25)27-13-24/h2-9,18H,10,12-13H2,1H3/t18-/m0/s1. The molecule has 1 atom stereocenters. The number of thioether (sulfide) groups is 1. The summed E-state index contributed by atoms with van der Waals surface area (Å²) >= 11 is 5.06. The first-order chi connectivity index (χ1) is 13.1. The molecule has 0 aliphatic carbocycles. The molecule has 27 heavy (non-hydrogen) atoms. The second-order valence-corrected chi connectivity index (χ2v) is 8.61. The van der Waals surface area contributed by atoms with Crippen molar-refractivity contribution in [1.29, 1.82) is 5.26 Å². The van der Waals surface area contributed by atoms with Gasteiger partial charge in [-0.05, 0) is 42.3 Å². The van der Waals surface area contributed by atoms with Gasteiger partial charge in [-0.15, -0.1) is 0 Å². The van der Waals surface area contributed by atoms with Crippen molar-refractivity contribution < 1.29 is 4.79 Å². The van der Waals surface area contributed by atoms with Crippen molar-refractivity contribution in [1.82, 2.24) is 4.90 Å². The molecule has 0 N–H and O–H groups in total. The van der Waals surface area contributed by atoms with Gasteiger partial charge in [0.05, 0.1) is 29.2 Å². The maximum atomic E-state index is 12.9. The SMILES string of the molecule is Cc1cccc(N2CSC3=C(C#N)[C@H](c4cccc(Br)c4)CC(=O)N3C2)c1. The number of benzene rings is 2. The minimum Gasteiger partial charge on any atom is -0.344 e. The van der Waals surface area contributed by atoms with E-state index in [1.54, 1.807) is 16.7 Å². The molecule has 2 aromatic rings. The smallest absolute Gasteiger partial charge is 0.229 e. The summed E-state index contributed by atoms with van der Waals surface area (Å²) in [7, 11) is 0. The third-order valence-corrected chi connectivity index (χ3v) is 6.56. The molecule has 2 aliphatic heterocycles. The lowest BCUT2D eigenvalue weighted by molar-refractivity contribution is -0.129. The Morgan fingerprint density at radius 3 is 2.78 bits per heavy atom. The lowest BCUT2D eigenvalue weighted by atomic mass is 9.86. The summed E-state index contributed by atoms with van der Waals surface area (Å²) in [6.45, 7) is 2.55. The number of aryl methyl sites for hydroxylation is 1. The second kappa shape index (κ2) is 7.41. The van der Waals surface area contributed by atoms with Crippen LogP contribution in [-0.4, -0.2) is 23.4 Å². The fourth-order valence-corrected chi connectivity index (χ4v) is 5.14. The van der Waals surface area contributed by atoms with E-state index in [9.17, 15) is 10.1 Å². The third kappa shape index (κ3) is 3.50. The lowest BCUT2D eigenvalue weighted by Crippen LogP contribution is -2.47. The number of anilines is 1. The van der Waals surface area contributed by atoms with Crippen LogP contribution < -0.4 is 4.90 Å². The highest BCUT2D eigenvalue weighted by Gasteiger charge is 2.38. The number of rotatable bonds is 2. The Hall–Kier alpha value is -2.23. The summed E-state index contributed by atoms with van der Waals surface area (Å²) in [6.07, 6.45) is 0.324. The number of hydrogen-bond donors (Lipinski definition) is 0. The Bertz CT molecular complexity index is 981. The highest BCUT2D eigenvalue weighted by Crippen LogP contribution is 2.43. The van der Waals surface area contributed by atoms with Gasteiger partial charge in [-0.2, -0.15) is 5.26 Å². The van der Waals surface area contributed by atoms with E-state index in [1.807, 2.05) is 30.3 Å². The summed E-state index contributed by atoms with van der Waals surface area (Å²) in [5.41, 5.74) is 3.99. The fourth-order valence-electron chi connectivity index (χ4n) is 3.56. The second-order valence-electron chi connectivity index (χ2n) is 6.76. The van der Waals surface area contributed by atoms with Crippen molar-refractivity contribution in [3.63, 3.8) is 0 Å². The molecule has 0 radical (unpaired) electrons. The van der Waals surface area contributed by atoms with Gasteiger partial charge in [-0.3, -0.25) is 9.69 Å². The Morgan fingerprint density at radius 2 is 2.04 bits per heavy atom. The van der Waals surface area contributed by atoms with Crippen LogP contribution in [0, 0.1) is 18.3 Å². The van der Waals surface area contributed by atoms with E-state index in [1.165, 1.54) is 5.56 Å². The quantitative estimate of drug-likeness (QED) is 0.661. The number of halogens is 1. The first kappa shape index (κ1) is 18.1. The van der Waals surface area contributed by atoms with E-state index in [-0.39, 0.29) is 11.8 Å². The largest absolute Gasteiger partial charge is 0.344 e. The fraction of sp³-hybridized carbons (Fsp3) is 0.238. The first-order valence-electron chi connectivity index (χ1n) is 8.71. The van der Waals surface area contributed by atoms with Crippen LogP contribution in [0.5, 0.6) is 0 Å². The van der Waals surface area contributed by atoms with Crippen molar-refractivity contribution >= 4 is 39.3 Å². The molecule has 2 heterocycles. The van der Waals surface area contributed by atoms with E-state index in [2.05, 4.69) is 52.0 Å². The number of fused-ring (bicyclic) bond motifs is 1. The highest BCUT2D eigenvalue weighted by molar-refractivity contribution is 9.10. The van der Waals surface area contributed by atoms with E-state index in [0.29, 0.717) is 18.7 Å². The highest BCUT2D eigenvalue weighted by atomic mass is 79.9. The lowest BCUT2D eigenvalue weighted by Gasteiger charge is -2.42. The molecule has 1 amide bonds. The van der Waals surface area contributed by atoms with Gasteiger partial charge in [0.15, 0.2) is 0 Å². The molecular weight excluding hydrogens is 422 g/mol. The van der Waals surface area contributed by atoms with Crippen LogP contribution in [0.2, 0.25) is 0 Å². The van der Waals surface area contributed by atoms with Gasteiger partial charge < -0.3 is 4.90 Å². The van der Waals surface area contributed by atoms with Crippen molar-refractivity contribution in [2.45, 2.75) is 19.3 Å². The molecule has 0 unspecified atom stereocenters. The van der Waals surface area contributed by atoms with Crippen LogP contribution in [0.15, 0.2) is 63.6 Å². The molecule has 1 saturated heterocycles. The van der Waals surface area contributed by atoms with Gasteiger partial charge >= 0.3 is 0 Å². The molecule has 0 spiro atoms. The number of nitrogens with zero attached hydrogens (tertiary/aromatic N) is 3. The molecular formula is C21H18BrN3OS. The number of carbonyl (C=O) groups excluding carboxylic acids is 1. The number of allylic oxidation sites excluding steroid dienone is 1. The number of amides is 1. The molecule has 4 rings (SSSR count). The average molecular weight is 440 g/mol. The predicted octanol–water partition coefficient (Wildman–Crippen LogP) is 4.98. The average Bonchev–Trinajstić information content (AvgIpc) is 2.67. The van der Waals surface area contributed by atoms with Crippen LogP contribution in [-0.2, 0) is 4.79 Å². The van der Waals surface area contributed by atoms with E-state index in [4.69, 9.17) is 0 Å². The maximum Gasteiger partial charge on any atom is 0.229 e. The van der Waals surface area contributed by atoms with Gasteiger partial charge in [0.2, 0.25) is 5.91 Å². The van der Waals surface area contributed by atoms with E-state index < -0.39 is 0 Å². The number of nitriles is 1. The molecule has 6 heteroatoms. The summed E-state index contributed by atoms with van der Waals surface area (Å²) < 4.78 is 0.957. The molecule has 2 aromatic carbocycles. The Balaban J connectivity index is 1.68. The Morgan fingerprint density at radius 1 is 1.22 bits per heavy atom. The minimum absolute atomic E-state index is 0.0684. The summed E-state index contributed by atoms with van der Waals surface area (Å²) in [4.78, 5) is 16.9. The molecule has 0 aromatic heterocycles. The van der Waals surface area contributed by atoms with Crippen LogP contribution in [0.1, 0.15) is 23.5 Å². The Kier molecular flexibility index (Phi) is 4.98. The van der Waals surface area contributed by atoms with Crippen molar-refractivity contribution in [3.8, 4) is 6.07 Å². The topological polar surface area (TPSA) is 47.3 Å². The maximum absolute atomic E-state index is 12.9. The molecule has 136 valence electrons. The van der Waals surface area contributed by atoms with Gasteiger partial charge in [-0.1, -0.05) is 52.0 Å². The normalized spacial score (nSPS) is 19.7. The summed E-state index contributed by atoms with van der Waals surface area (Å²) in [5.74, 6) is 0.613. The van der Waals surface area contributed by atoms with Gasteiger partial charge in [0, 0.05) is 22.5 Å². The molecule has 1 fully saturated rings.